The molecule has 2 heterocycles. The highest BCUT2D eigenvalue weighted by molar-refractivity contribution is 5.44. The van der Waals surface area contributed by atoms with Gasteiger partial charge in [0, 0.05) is 36.6 Å². The molecule has 2 aliphatic heterocycles. The standard InChI is InChI=1S/C15H21NO3/c1-16-13-8-14(10-5-6-18-9-10)19-15-7-11(17-2)3-4-12(13)15/h3-4,7,10,13-14,16H,5-6,8-9H2,1-2H3. The van der Waals surface area contributed by atoms with Crippen LogP contribution in [-0.2, 0) is 4.74 Å². The second-order valence-corrected chi connectivity index (χ2v) is 5.26. The Morgan fingerprint density at radius 2 is 2.26 bits per heavy atom. The number of ether oxygens (including phenoxy) is 3. The van der Waals surface area contributed by atoms with Crippen molar-refractivity contribution in [2.45, 2.75) is 25.0 Å². The molecule has 0 aromatic heterocycles. The molecule has 3 rings (SSSR count). The monoisotopic (exact) mass is 263 g/mol. The first-order valence-corrected chi connectivity index (χ1v) is 6.91. The number of benzene rings is 1. The third kappa shape index (κ3) is 2.42. The first kappa shape index (κ1) is 12.8. The minimum Gasteiger partial charge on any atom is -0.497 e. The molecule has 2 aliphatic rings. The third-order valence-electron chi connectivity index (χ3n) is 4.18. The Hall–Kier alpha value is -1.26. The summed E-state index contributed by atoms with van der Waals surface area (Å²) in [5.41, 5.74) is 1.22. The van der Waals surface area contributed by atoms with Gasteiger partial charge in [0.05, 0.1) is 13.7 Å². The van der Waals surface area contributed by atoms with Crippen LogP contribution in [0.5, 0.6) is 11.5 Å². The molecular weight excluding hydrogens is 242 g/mol. The van der Waals surface area contributed by atoms with Gasteiger partial charge in [0.2, 0.25) is 0 Å². The van der Waals surface area contributed by atoms with E-state index in [1.54, 1.807) is 7.11 Å². The summed E-state index contributed by atoms with van der Waals surface area (Å²) in [4.78, 5) is 0. The second-order valence-electron chi connectivity index (χ2n) is 5.26. The van der Waals surface area contributed by atoms with Crippen molar-refractivity contribution >= 4 is 0 Å². The molecule has 3 unspecified atom stereocenters. The summed E-state index contributed by atoms with van der Waals surface area (Å²) in [7, 11) is 3.69. The average molecular weight is 263 g/mol. The highest BCUT2D eigenvalue weighted by Crippen LogP contribution is 2.40. The van der Waals surface area contributed by atoms with Crippen molar-refractivity contribution in [2.24, 2.45) is 5.92 Å². The Morgan fingerprint density at radius 1 is 1.37 bits per heavy atom. The average Bonchev–Trinajstić information content (AvgIpc) is 2.99. The molecule has 3 atom stereocenters. The molecule has 1 aromatic rings. The number of rotatable bonds is 3. The summed E-state index contributed by atoms with van der Waals surface area (Å²) in [6, 6.07) is 6.42. The highest BCUT2D eigenvalue weighted by atomic mass is 16.5. The Balaban J connectivity index is 1.87. The first-order valence-electron chi connectivity index (χ1n) is 6.91. The van der Waals surface area contributed by atoms with E-state index < -0.39 is 0 Å². The van der Waals surface area contributed by atoms with E-state index in [-0.39, 0.29) is 6.10 Å². The van der Waals surface area contributed by atoms with Crippen LogP contribution in [0.15, 0.2) is 18.2 Å². The Morgan fingerprint density at radius 3 is 2.95 bits per heavy atom. The molecule has 1 saturated heterocycles. The maximum Gasteiger partial charge on any atom is 0.128 e. The molecule has 0 bridgehead atoms. The molecule has 1 N–H and O–H groups in total. The minimum absolute atomic E-state index is 0.236. The molecule has 19 heavy (non-hydrogen) atoms. The maximum atomic E-state index is 6.19. The van der Waals surface area contributed by atoms with Gasteiger partial charge >= 0.3 is 0 Å². The SMILES string of the molecule is CNC1CC(C2CCOC2)Oc2cc(OC)ccc21. The Bertz CT molecular complexity index is 443. The fourth-order valence-electron chi connectivity index (χ4n) is 3.01. The fraction of sp³-hybridized carbons (Fsp3) is 0.600. The molecule has 0 amide bonds. The van der Waals surface area contributed by atoms with E-state index in [1.807, 2.05) is 19.2 Å². The molecule has 0 spiro atoms. The van der Waals surface area contributed by atoms with Crippen LogP contribution in [0, 0.1) is 5.92 Å². The summed E-state index contributed by atoms with van der Waals surface area (Å²) in [5.74, 6) is 2.30. The largest absolute Gasteiger partial charge is 0.497 e. The van der Waals surface area contributed by atoms with Crippen LogP contribution in [0.1, 0.15) is 24.4 Å². The second kappa shape index (κ2) is 5.39. The van der Waals surface area contributed by atoms with E-state index in [0.717, 1.165) is 37.6 Å². The van der Waals surface area contributed by atoms with Crippen molar-refractivity contribution in [1.29, 1.82) is 0 Å². The topological polar surface area (TPSA) is 39.7 Å². The van der Waals surface area contributed by atoms with Gasteiger partial charge in [-0.1, -0.05) is 6.07 Å². The van der Waals surface area contributed by atoms with Gasteiger partial charge in [0.15, 0.2) is 0 Å². The summed E-state index contributed by atoms with van der Waals surface area (Å²) in [6.07, 6.45) is 2.34. The van der Waals surface area contributed by atoms with E-state index >= 15 is 0 Å². The van der Waals surface area contributed by atoms with Crippen molar-refractivity contribution in [2.75, 3.05) is 27.4 Å². The van der Waals surface area contributed by atoms with Crippen LogP contribution in [0.3, 0.4) is 0 Å². The lowest BCUT2D eigenvalue weighted by atomic mass is 9.89. The van der Waals surface area contributed by atoms with Crippen molar-refractivity contribution < 1.29 is 14.2 Å². The van der Waals surface area contributed by atoms with E-state index in [0.29, 0.717) is 12.0 Å². The number of fused-ring (bicyclic) bond motifs is 1. The van der Waals surface area contributed by atoms with Gasteiger partial charge in [-0.3, -0.25) is 0 Å². The number of methoxy groups -OCH3 is 1. The minimum atomic E-state index is 0.236. The quantitative estimate of drug-likeness (QED) is 0.907. The summed E-state index contributed by atoms with van der Waals surface area (Å²) in [6.45, 7) is 1.68. The molecular formula is C15H21NO3. The lowest BCUT2D eigenvalue weighted by Crippen LogP contribution is -2.36. The van der Waals surface area contributed by atoms with E-state index in [4.69, 9.17) is 14.2 Å². The Kier molecular flexibility index (Phi) is 3.62. The van der Waals surface area contributed by atoms with Crippen molar-refractivity contribution in [3.63, 3.8) is 0 Å². The van der Waals surface area contributed by atoms with E-state index in [9.17, 15) is 0 Å². The van der Waals surface area contributed by atoms with Gasteiger partial charge in [-0.2, -0.15) is 0 Å². The number of hydrogen-bond donors (Lipinski definition) is 1. The van der Waals surface area contributed by atoms with Crippen LogP contribution in [0.25, 0.3) is 0 Å². The molecule has 4 heteroatoms. The van der Waals surface area contributed by atoms with Crippen LogP contribution in [0.4, 0.5) is 0 Å². The fourth-order valence-corrected chi connectivity index (χ4v) is 3.01. The predicted octanol–water partition coefficient (Wildman–Crippen LogP) is 2.14. The van der Waals surface area contributed by atoms with E-state index in [1.165, 1.54) is 5.56 Å². The summed E-state index contributed by atoms with van der Waals surface area (Å²) >= 11 is 0. The maximum absolute atomic E-state index is 6.19. The van der Waals surface area contributed by atoms with Crippen LogP contribution in [-0.4, -0.2) is 33.5 Å². The molecule has 1 aromatic carbocycles. The number of nitrogens with one attached hydrogen (secondary N) is 1. The van der Waals surface area contributed by atoms with Crippen molar-refractivity contribution in [1.82, 2.24) is 5.32 Å². The molecule has 104 valence electrons. The smallest absolute Gasteiger partial charge is 0.128 e. The van der Waals surface area contributed by atoms with Crippen molar-refractivity contribution in [3.8, 4) is 11.5 Å². The summed E-state index contributed by atoms with van der Waals surface area (Å²) in [5, 5.41) is 3.39. The summed E-state index contributed by atoms with van der Waals surface area (Å²) < 4.78 is 17.0. The highest BCUT2D eigenvalue weighted by Gasteiger charge is 2.34. The van der Waals surface area contributed by atoms with Gasteiger partial charge in [0.25, 0.3) is 0 Å². The van der Waals surface area contributed by atoms with Crippen LogP contribution < -0.4 is 14.8 Å². The number of hydrogen-bond acceptors (Lipinski definition) is 4. The zero-order chi connectivity index (χ0) is 13.2. The molecule has 0 radical (unpaired) electrons. The van der Waals surface area contributed by atoms with Gasteiger partial charge in [-0.25, -0.2) is 0 Å². The first-order chi connectivity index (χ1) is 9.31. The lowest BCUT2D eigenvalue weighted by molar-refractivity contribution is 0.0811. The van der Waals surface area contributed by atoms with Gasteiger partial charge < -0.3 is 19.5 Å². The van der Waals surface area contributed by atoms with Crippen molar-refractivity contribution in [3.05, 3.63) is 23.8 Å². The molecule has 0 saturated carbocycles. The van der Waals surface area contributed by atoms with Crippen LogP contribution in [0.2, 0.25) is 0 Å². The molecule has 4 nitrogen and oxygen atoms in total. The van der Waals surface area contributed by atoms with E-state index in [2.05, 4.69) is 11.4 Å². The van der Waals surface area contributed by atoms with Gasteiger partial charge in [-0.05, 0) is 19.5 Å². The molecule has 1 fully saturated rings. The normalized spacial score (nSPS) is 29.7. The molecule has 0 aliphatic carbocycles. The third-order valence-corrected chi connectivity index (χ3v) is 4.18. The van der Waals surface area contributed by atoms with Gasteiger partial charge in [0.1, 0.15) is 17.6 Å². The predicted molar refractivity (Wildman–Crippen MR) is 72.8 cm³/mol. The zero-order valence-corrected chi connectivity index (χ0v) is 11.5. The van der Waals surface area contributed by atoms with Crippen LogP contribution >= 0.6 is 0 Å². The van der Waals surface area contributed by atoms with Gasteiger partial charge in [-0.15, -0.1) is 0 Å². The lowest BCUT2D eigenvalue weighted by Gasteiger charge is -2.34. The Labute approximate surface area is 114 Å². The zero-order valence-electron chi connectivity index (χ0n) is 11.5.